The summed E-state index contributed by atoms with van der Waals surface area (Å²) in [6.45, 7) is 2.04. The highest BCUT2D eigenvalue weighted by molar-refractivity contribution is 6.25. The Balaban J connectivity index is 1.80. The van der Waals surface area contributed by atoms with Crippen molar-refractivity contribution in [2.45, 2.75) is 13.1 Å². The summed E-state index contributed by atoms with van der Waals surface area (Å²) in [5, 5.41) is 1.07. The number of halogens is 3. The largest absolute Gasteiger partial charge is 0.416 e. The minimum atomic E-state index is -4.36. The number of aryl methyl sites for hydroxylation is 1. The first-order valence-electron chi connectivity index (χ1n) is 9.61. The lowest BCUT2D eigenvalue weighted by atomic mass is 9.89. The molecule has 3 aromatic carbocycles. The average molecular weight is 403 g/mol. The molecule has 4 aromatic rings. The van der Waals surface area contributed by atoms with Crippen LogP contribution in [0, 0.1) is 6.92 Å². The van der Waals surface area contributed by atoms with Crippen molar-refractivity contribution in [3.05, 3.63) is 101 Å². The Hall–Kier alpha value is -3.60. The minimum absolute atomic E-state index is 0.653. The van der Waals surface area contributed by atoms with Gasteiger partial charge in [0.1, 0.15) is 0 Å². The summed E-state index contributed by atoms with van der Waals surface area (Å²) >= 11 is 0. The van der Waals surface area contributed by atoms with Gasteiger partial charge in [-0.1, -0.05) is 36.4 Å². The van der Waals surface area contributed by atoms with Gasteiger partial charge in [0, 0.05) is 34.3 Å². The molecule has 1 aromatic heterocycles. The maximum atomic E-state index is 13.1. The summed E-state index contributed by atoms with van der Waals surface area (Å²) in [5.41, 5.74) is 6.99. The molecule has 2 nitrogen and oxygen atoms in total. The molecule has 2 N–H and O–H groups in total. The van der Waals surface area contributed by atoms with Gasteiger partial charge in [-0.2, -0.15) is 13.2 Å². The highest BCUT2D eigenvalue weighted by atomic mass is 19.4. The summed E-state index contributed by atoms with van der Waals surface area (Å²) in [6.07, 6.45) is -0.502. The lowest BCUT2D eigenvalue weighted by Gasteiger charge is -2.13. The van der Waals surface area contributed by atoms with Crippen molar-refractivity contribution in [2.24, 2.45) is 0 Å². The van der Waals surface area contributed by atoms with E-state index in [1.807, 2.05) is 61.8 Å². The van der Waals surface area contributed by atoms with Crippen LogP contribution in [0.15, 0.2) is 72.9 Å². The van der Waals surface area contributed by atoms with Gasteiger partial charge in [-0.25, -0.2) is 4.99 Å². The summed E-state index contributed by atoms with van der Waals surface area (Å²) < 4.78 is 39.4. The molecular weight excluding hydrogens is 385 g/mol. The van der Waals surface area contributed by atoms with Crippen LogP contribution < -0.4 is 4.99 Å². The fourth-order valence-corrected chi connectivity index (χ4v) is 4.13. The predicted molar refractivity (Wildman–Crippen MR) is 114 cm³/mol. The van der Waals surface area contributed by atoms with E-state index in [9.17, 15) is 13.2 Å². The molecule has 2 heterocycles. The van der Waals surface area contributed by atoms with Crippen LogP contribution in [0.5, 0.6) is 0 Å². The molecule has 148 valence electrons. The number of allylic oxidation sites excluding steroid dienone is 1. The molecule has 0 fully saturated rings. The van der Waals surface area contributed by atoms with E-state index < -0.39 is 11.7 Å². The number of nitrogens with one attached hydrogen (secondary N) is 2. The predicted octanol–water partition coefficient (Wildman–Crippen LogP) is 5.25. The molecule has 30 heavy (non-hydrogen) atoms. The quantitative estimate of drug-likeness (QED) is 0.458. The van der Waals surface area contributed by atoms with Crippen LogP contribution in [-0.4, -0.2) is 11.2 Å². The number of hydrogen-bond acceptors (Lipinski definition) is 0. The molecule has 0 amide bonds. The van der Waals surface area contributed by atoms with Crippen LogP contribution in [0.4, 0.5) is 18.9 Å². The van der Waals surface area contributed by atoms with Crippen LogP contribution in [-0.2, 0) is 6.18 Å². The molecule has 0 saturated carbocycles. The van der Waals surface area contributed by atoms with Gasteiger partial charge in [0.2, 0.25) is 5.69 Å². The Labute approximate surface area is 171 Å². The van der Waals surface area contributed by atoms with Crippen molar-refractivity contribution in [1.82, 2.24) is 4.98 Å². The summed E-state index contributed by atoms with van der Waals surface area (Å²) in [6, 6.07) is 19.4. The normalized spacial score (nSPS) is 14.9. The van der Waals surface area contributed by atoms with Crippen molar-refractivity contribution < 1.29 is 18.2 Å². The van der Waals surface area contributed by atoms with Gasteiger partial charge in [0.25, 0.3) is 0 Å². The summed E-state index contributed by atoms with van der Waals surface area (Å²) in [7, 11) is 0. The highest BCUT2D eigenvalue weighted by Crippen LogP contribution is 2.39. The Bertz CT molecular complexity index is 1320. The maximum Gasteiger partial charge on any atom is 0.416 e. The van der Waals surface area contributed by atoms with E-state index in [0.717, 1.165) is 62.1 Å². The van der Waals surface area contributed by atoms with Gasteiger partial charge < -0.3 is 4.98 Å². The molecular formula is C25H18F3N2+. The Morgan fingerprint density at radius 3 is 2.43 bits per heavy atom. The zero-order valence-electron chi connectivity index (χ0n) is 16.1. The highest BCUT2D eigenvalue weighted by Gasteiger charge is 2.31. The lowest BCUT2D eigenvalue weighted by molar-refractivity contribution is -0.342. The van der Waals surface area contributed by atoms with Crippen molar-refractivity contribution in [2.75, 3.05) is 0 Å². The van der Waals surface area contributed by atoms with Gasteiger partial charge >= 0.3 is 6.18 Å². The third kappa shape index (κ3) is 2.94. The number of hydrogen-bond donors (Lipinski definition) is 2. The molecule has 1 aliphatic heterocycles. The second kappa shape index (κ2) is 6.73. The van der Waals surface area contributed by atoms with Gasteiger partial charge in [-0.15, -0.1) is 0 Å². The standard InChI is InChI=1S/C25H17F3N2/c1-15-5-4-8-22-23(15)20(14-30-22)24(16-9-11-17(12-10-16)25(26,27)28)19-13-29-21-7-3-2-6-18(19)21/h2-14,30H,1H3/p+1. The van der Waals surface area contributed by atoms with Crippen LogP contribution in [0.1, 0.15) is 27.8 Å². The molecule has 5 heteroatoms. The van der Waals surface area contributed by atoms with Crippen LogP contribution in [0.25, 0.3) is 22.0 Å². The van der Waals surface area contributed by atoms with Crippen LogP contribution in [0.3, 0.4) is 0 Å². The van der Waals surface area contributed by atoms with E-state index >= 15 is 0 Å². The molecule has 0 atom stereocenters. The molecule has 0 aliphatic carbocycles. The van der Waals surface area contributed by atoms with Gasteiger partial charge in [-0.05, 0) is 42.3 Å². The Morgan fingerprint density at radius 2 is 1.67 bits per heavy atom. The third-order valence-electron chi connectivity index (χ3n) is 5.54. The topological polar surface area (TPSA) is 29.8 Å². The van der Waals surface area contributed by atoms with E-state index in [1.165, 1.54) is 0 Å². The maximum absolute atomic E-state index is 13.1. The van der Waals surface area contributed by atoms with E-state index in [0.29, 0.717) is 0 Å². The second-order valence-corrected chi connectivity index (χ2v) is 7.40. The van der Waals surface area contributed by atoms with E-state index in [-0.39, 0.29) is 0 Å². The van der Waals surface area contributed by atoms with Gasteiger partial charge in [-0.3, -0.25) is 0 Å². The first kappa shape index (κ1) is 18.4. The minimum Gasteiger partial charge on any atom is -0.361 e. The molecule has 0 radical (unpaired) electrons. The smallest absolute Gasteiger partial charge is 0.361 e. The van der Waals surface area contributed by atoms with Crippen LogP contribution >= 0.6 is 0 Å². The zero-order chi connectivity index (χ0) is 20.9. The van der Waals surface area contributed by atoms with E-state index in [1.54, 1.807) is 12.1 Å². The summed E-state index contributed by atoms with van der Waals surface area (Å²) in [4.78, 5) is 6.60. The molecule has 0 unspecified atom stereocenters. The fourth-order valence-electron chi connectivity index (χ4n) is 4.13. The number of aromatic nitrogens is 1. The average Bonchev–Trinajstić information content (AvgIpc) is 3.34. The van der Waals surface area contributed by atoms with Crippen LogP contribution in [0.2, 0.25) is 0 Å². The SMILES string of the molecule is Cc1cccc2[nH]cc(C(=C3C=[NH+]c4ccccc43)c3ccc(C(F)(F)F)cc3)c12. The molecule has 1 aliphatic rings. The number of H-pyrrole nitrogens is 1. The van der Waals surface area contributed by atoms with Gasteiger partial charge in [0.15, 0.2) is 6.21 Å². The number of rotatable bonds is 2. The first-order valence-corrected chi connectivity index (χ1v) is 9.61. The summed E-state index contributed by atoms with van der Waals surface area (Å²) in [5.74, 6) is 0. The molecule has 0 bridgehead atoms. The van der Waals surface area contributed by atoms with Crippen molar-refractivity contribution in [3.63, 3.8) is 0 Å². The number of benzene rings is 3. The molecule has 0 saturated heterocycles. The molecule has 5 rings (SSSR count). The van der Waals surface area contributed by atoms with Crippen molar-refractivity contribution >= 4 is 34.0 Å². The van der Waals surface area contributed by atoms with Crippen molar-refractivity contribution in [1.29, 1.82) is 0 Å². The monoisotopic (exact) mass is 403 g/mol. The zero-order valence-corrected chi connectivity index (χ0v) is 16.1. The number of fused-ring (bicyclic) bond motifs is 2. The lowest BCUT2D eigenvalue weighted by Crippen LogP contribution is -2.58. The van der Waals surface area contributed by atoms with Crippen molar-refractivity contribution in [3.8, 4) is 0 Å². The number of aromatic amines is 1. The van der Waals surface area contributed by atoms with Gasteiger partial charge in [0.05, 0.1) is 16.7 Å². The number of alkyl halides is 3. The fraction of sp³-hybridized carbons (Fsp3) is 0.0800. The third-order valence-corrected chi connectivity index (χ3v) is 5.54. The first-order chi connectivity index (χ1) is 14.4. The Morgan fingerprint density at radius 1 is 0.900 bits per heavy atom. The second-order valence-electron chi connectivity index (χ2n) is 7.40. The molecule has 0 spiro atoms. The van der Waals surface area contributed by atoms with E-state index in [4.69, 9.17) is 0 Å². The number of para-hydroxylation sites is 1. The van der Waals surface area contributed by atoms with E-state index in [2.05, 4.69) is 9.98 Å². The Kier molecular flexibility index (Phi) is 4.13.